The topological polar surface area (TPSA) is 46.2 Å². The van der Waals surface area contributed by atoms with Gasteiger partial charge in [-0.05, 0) is 51.8 Å². The van der Waals surface area contributed by atoms with Crippen molar-refractivity contribution in [2.24, 2.45) is 5.92 Å². The number of hydrogen-bond donors (Lipinski definition) is 1. The summed E-state index contributed by atoms with van der Waals surface area (Å²) >= 11 is 21.5. The summed E-state index contributed by atoms with van der Waals surface area (Å²) in [7, 11) is 0. The number of nitrogens with one attached hydrogen (secondary N) is 1. The molecular weight excluding hydrogens is 548 g/mol. The third-order valence-electron chi connectivity index (χ3n) is 4.81. The molecule has 0 heterocycles. The lowest BCUT2D eigenvalue weighted by Gasteiger charge is -2.10. The van der Waals surface area contributed by atoms with Crippen molar-refractivity contribution in [2.45, 2.75) is 29.3 Å². The van der Waals surface area contributed by atoms with Crippen LogP contribution in [0.4, 0.5) is 23.2 Å². The van der Waals surface area contributed by atoms with Gasteiger partial charge in [0.2, 0.25) is 5.91 Å². The molecule has 2 aromatic carbocycles. The van der Waals surface area contributed by atoms with Crippen molar-refractivity contribution in [1.82, 2.24) is 0 Å². The van der Waals surface area contributed by atoms with Crippen LogP contribution in [-0.2, 0) is 4.79 Å². The lowest BCUT2D eigenvalue weighted by atomic mass is 10.1. The molecule has 1 fully saturated rings. The first-order valence-corrected chi connectivity index (χ1v) is 10.8. The predicted molar refractivity (Wildman–Crippen MR) is 114 cm³/mol. The number of alkyl halides is 5. The van der Waals surface area contributed by atoms with Crippen molar-refractivity contribution in [3.05, 3.63) is 62.8 Å². The Kier molecular flexibility index (Phi) is 6.96. The minimum atomic E-state index is -4.48. The zero-order valence-corrected chi connectivity index (χ0v) is 19.2. The molecule has 166 valence electrons. The van der Waals surface area contributed by atoms with Crippen LogP contribution in [0.3, 0.4) is 0 Å². The van der Waals surface area contributed by atoms with Gasteiger partial charge in [0, 0.05) is 23.6 Å². The van der Waals surface area contributed by atoms with Gasteiger partial charge in [0.1, 0.15) is 10.2 Å². The standard InChI is InChI=1S/C20H13BrCl3F4NO2/c21-12-3-1-9(7-14(12)25)16-17(20(16,23)24)18(31)29-10-2-4-13(22)11(8-10)15(30)5-6-19(26,27)28/h1-4,7-8,16-17H,5-6H2,(H,29,31). The molecule has 0 bridgehead atoms. The molecule has 1 saturated carbocycles. The van der Waals surface area contributed by atoms with E-state index in [1.165, 1.54) is 30.3 Å². The first-order chi connectivity index (χ1) is 14.3. The second-order valence-corrected chi connectivity index (χ2v) is 9.73. The van der Waals surface area contributed by atoms with E-state index in [2.05, 4.69) is 21.2 Å². The highest BCUT2D eigenvalue weighted by Crippen LogP contribution is 2.65. The fraction of sp³-hybridized carbons (Fsp3) is 0.300. The number of hydrogen-bond acceptors (Lipinski definition) is 2. The maximum absolute atomic E-state index is 13.8. The number of ketones is 1. The molecule has 3 nitrogen and oxygen atoms in total. The molecule has 2 atom stereocenters. The van der Waals surface area contributed by atoms with Gasteiger partial charge >= 0.3 is 6.18 Å². The summed E-state index contributed by atoms with van der Waals surface area (Å²) in [6.07, 6.45) is -6.54. The van der Waals surface area contributed by atoms with Gasteiger partial charge in [-0.25, -0.2) is 4.39 Å². The lowest BCUT2D eigenvalue weighted by Crippen LogP contribution is -2.17. The Morgan fingerprint density at radius 1 is 1.13 bits per heavy atom. The van der Waals surface area contributed by atoms with Crippen molar-refractivity contribution in [2.75, 3.05) is 5.32 Å². The van der Waals surface area contributed by atoms with Gasteiger partial charge < -0.3 is 5.32 Å². The van der Waals surface area contributed by atoms with Crippen LogP contribution in [0.15, 0.2) is 40.9 Å². The lowest BCUT2D eigenvalue weighted by molar-refractivity contribution is -0.133. The molecule has 1 N–H and O–H groups in total. The van der Waals surface area contributed by atoms with Crippen LogP contribution in [0.1, 0.15) is 34.7 Å². The highest BCUT2D eigenvalue weighted by molar-refractivity contribution is 9.10. The van der Waals surface area contributed by atoms with Crippen LogP contribution in [0.25, 0.3) is 0 Å². The Labute approximate surface area is 198 Å². The molecule has 1 aliphatic rings. The molecule has 1 aliphatic carbocycles. The zero-order valence-electron chi connectivity index (χ0n) is 15.4. The molecule has 0 aromatic heterocycles. The molecule has 1 amide bonds. The van der Waals surface area contributed by atoms with Gasteiger partial charge in [0.05, 0.1) is 21.8 Å². The van der Waals surface area contributed by atoms with E-state index >= 15 is 0 Å². The Balaban J connectivity index is 1.74. The van der Waals surface area contributed by atoms with Crippen LogP contribution in [-0.4, -0.2) is 22.2 Å². The van der Waals surface area contributed by atoms with Gasteiger partial charge in [0.25, 0.3) is 0 Å². The highest BCUT2D eigenvalue weighted by atomic mass is 79.9. The van der Waals surface area contributed by atoms with Crippen molar-refractivity contribution < 1.29 is 27.2 Å². The van der Waals surface area contributed by atoms with E-state index in [0.29, 0.717) is 5.56 Å². The quantitative estimate of drug-likeness (QED) is 0.229. The number of halogens is 8. The fourth-order valence-electron chi connectivity index (χ4n) is 3.20. The summed E-state index contributed by atoms with van der Waals surface area (Å²) in [6, 6.07) is 8.16. The van der Waals surface area contributed by atoms with Gasteiger partial charge in [-0.3, -0.25) is 9.59 Å². The summed E-state index contributed by atoms with van der Waals surface area (Å²) in [6.45, 7) is 0. The van der Waals surface area contributed by atoms with Crippen LogP contribution >= 0.6 is 50.7 Å². The summed E-state index contributed by atoms with van der Waals surface area (Å²) in [4.78, 5) is 24.8. The molecule has 31 heavy (non-hydrogen) atoms. The third-order valence-corrected chi connectivity index (χ3v) is 6.72. The molecule has 0 saturated heterocycles. The number of benzene rings is 2. The summed E-state index contributed by atoms with van der Waals surface area (Å²) in [5.74, 6) is -3.51. The van der Waals surface area contributed by atoms with E-state index in [9.17, 15) is 27.2 Å². The van der Waals surface area contributed by atoms with Crippen molar-refractivity contribution in [3.63, 3.8) is 0 Å². The van der Waals surface area contributed by atoms with E-state index in [1.807, 2.05) is 0 Å². The minimum Gasteiger partial charge on any atom is -0.326 e. The van der Waals surface area contributed by atoms with Crippen LogP contribution in [0, 0.1) is 11.7 Å². The van der Waals surface area contributed by atoms with Crippen molar-refractivity contribution >= 4 is 68.1 Å². The third kappa shape index (κ3) is 5.53. The van der Waals surface area contributed by atoms with Gasteiger partial charge in [-0.2, -0.15) is 13.2 Å². The smallest absolute Gasteiger partial charge is 0.326 e. The maximum Gasteiger partial charge on any atom is 0.389 e. The first kappa shape index (κ1) is 24.3. The monoisotopic (exact) mass is 559 g/mol. The van der Waals surface area contributed by atoms with Crippen LogP contribution < -0.4 is 5.32 Å². The highest BCUT2D eigenvalue weighted by Gasteiger charge is 2.67. The van der Waals surface area contributed by atoms with Gasteiger partial charge in [-0.15, -0.1) is 23.2 Å². The number of anilines is 1. The summed E-state index contributed by atoms with van der Waals surface area (Å²) in [5, 5.41) is 2.50. The molecule has 11 heteroatoms. The average molecular weight is 562 g/mol. The van der Waals surface area contributed by atoms with Crippen molar-refractivity contribution in [3.8, 4) is 0 Å². The molecular formula is C20H13BrCl3F4NO2. The van der Waals surface area contributed by atoms with Gasteiger partial charge in [0.15, 0.2) is 5.78 Å². The van der Waals surface area contributed by atoms with Crippen LogP contribution in [0.5, 0.6) is 0 Å². The first-order valence-electron chi connectivity index (χ1n) is 8.84. The van der Waals surface area contributed by atoms with E-state index in [-0.39, 0.29) is 20.7 Å². The Morgan fingerprint density at radius 3 is 2.42 bits per heavy atom. The SMILES string of the molecule is O=C(CCC(F)(F)F)c1cc(NC(=O)C2C(c3ccc(Br)c(F)c3)C2(Cl)Cl)ccc1Cl. The van der Waals surface area contributed by atoms with E-state index in [0.717, 1.165) is 0 Å². The maximum atomic E-state index is 13.8. The van der Waals surface area contributed by atoms with E-state index < -0.39 is 52.7 Å². The average Bonchev–Trinajstić information content (AvgIpc) is 3.25. The Morgan fingerprint density at radius 2 is 1.81 bits per heavy atom. The molecule has 3 rings (SSSR count). The van der Waals surface area contributed by atoms with Gasteiger partial charge in [-0.1, -0.05) is 17.7 Å². The molecule has 0 spiro atoms. The zero-order chi connectivity index (χ0) is 23.1. The second-order valence-electron chi connectivity index (χ2n) is 7.03. The minimum absolute atomic E-state index is 0.0381. The normalized spacial score (nSPS) is 19.7. The number of carbonyl (C=O) groups excluding carboxylic acids is 2. The Bertz CT molecular complexity index is 1050. The van der Waals surface area contributed by atoms with E-state index in [1.54, 1.807) is 6.07 Å². The largest absolute Gasteiger partial charge is 0.389 e. The predicted octanol–water partition coefficient (Wildman–Crippen LogP) is 7.29. The summed E-state index contributed by atoms with van der Waals surface area (Å²) in [5.41, 5.74) is 0.431. The number of amides is 1. The molecule has 0 aliphatic heterocycles. The van der Waals surface area contributed by atoms with Crippen LogP contribution in [0.2, 0.25) is 5.02 Å². The number of carbonyl (C=O) groups is 2. The summed E-state index contributed by atoms with van der Waals surface area (Å²) < 4.78 is 49.8. The van der Waals surface area contributed by atoms with Crippen molar-refractivity contribution in [1.29, 1.82) is 0 Å². The fourth-order valence-corrected chi connectivity index (χ4v) is 4.50. The molecule has 2 aromatic rings. The van der Waals surface area contributed by atoms with E-state index in [4.69, 9.17) is 34.8 Å². The number of Topliss-reactive ketones (excluding diaryl/α,β-unsaturated/α-hetero) is 1. The molecule has 2 unspecified atom stereocenters. The molecule has 0 radical (unpaired) electrons. The number of rotatable bonds is 6. The Hall–Kier alpha value is -1.35. The second kappa shape index (κ2) is 8.89.